The molecule has 0 bridgehead atoms. The number of hydrogen-bond donors (Lipinski definition) is 1. The topological polar surface area (TPSA) is 53.9 Å². The molecule has 4 rings (SSSR count). The number of aliphatic imine (C=N–C) groups is 1. The Morgan fingerprint density at radius 1 is 1.19 bits per heavy atom. The Morgan fingerprint density at radius 2 is 1.92 bits per heavy atom. The van der Waals surface area contributed by atoms with Gasteiger partial charge in [0.15, 0.2) is 5.17 Å². The molecule has 2 aromatic carbocycles. The van der Waals surface area contributed by atoms with Crippen LogP contribution in [0.3, 0.4) is 0 Å². The van der Waals surface area contributed by atoms with Gasteiger partial charge in [-0.05, 0) is 30.0 Å². The summed E-state index contributed by atoms with van der Waals surface area (Å²) in [5, 5.41) is 2.03. The number of carbonyl (C=O) groups is 1. The predicted molar refractivity (Wildman–Crippen MR) is 91.5 cm³/mol. The van der Waals surface area contributed by atoms with E-state index in [-0.39, 0.29) is 10.7 Å². The van der Waals surface area contributed by atoms with Gasteiger partial charge in [-0.1, -0.05) is 30.3 Å². The maximum absolute atomic E-state index is 14.0. The van der Waals surface area contributed by atoms with Crippen LogP contribution in [-0.2, 0) is 5.66 Å². The molecule has 2 aliphatic rings. The van der Waals surface area contributed by atoms with E-state index < -0.39 is 17.9 Å². The zero-order valence-electron chi connectivity index (χ0n) is 13.4. The summed E-state index contributed by atoms with van der Waals surface area (Å²) >= 11 is 1.00. The lowest BCUT2D eigenvalue weighted by Crippen LogP contribution is -2.62. The van der Waals surface area contributed by atoms with Gasteiger partial charge in [0.25, 0.3) is 5.66 Å². The Hall–Kier alpha value is -2.68. The van der Waals surface area contributed by atoms with Crippen LogP contribution in [0.25, 0.3) is 0 Å². The highest BCUT2D eigenvalue weighted by Crippen LogP contribution is 2.49. The number of alkyl halides is 3. The van der Waals surface area contributed by atoms with Gasteiger partial charge in [0, 0.05) is 10.5 Å². The molecular weight excluding hydrogens is 367 g/mol. The van der Waals surface area contributed by atoms with Crippen LogP contribution in [0.1, 0.15) is 5.56 Å². The molecule has 2 heterocycles. The number of methoxy groups -OCH3 is 1. The lowest BCUT2D eigenvalue weighted by Gasteiger charge is -2.38. The predicted octanol–water partition coefficient (Wildman–Crippen LogP) is 4.10. The molecule has 26 heavy (non-hydrogen) atoms. The molecule has 0 saturated carbocycles. The number of urea groups is 1. The number of anilines is 1. The van der Waals surface area contributed by atoms with Gasteiger partial charge in [0.2, 0.25) is 0 Å². The van der Waals surface area contributed by atoms with E-state index in [0.29, 0.717) is 16.3 Å². The van der Waals surface area contributed by atoms with Gasteiger partial charge in [-0.15, -0.1) is 0 Å². The van der Waals surface area contributed by atoms with Crippen LogP contribution in [0.4, 0.5) is 23.7 Å². The van der Waals surface area contributed by atoms with Gasteiger partial charge < -0.3 is 10.1 Å². The van der Waals surface area contributed by atoms with Crippen molar-refractivity contribution in [3.05, 3.63) is 54.1 Å². The van der Waals surface area contributed by atoms with Crippen molar-refractivity contribution in [3.63, 3.8) is 0 Å². The van der Waals surface area contributed by atoms with Crippen LogP contribution in [0.5, 0.6) is 5.75 Å². The highest BCUT2D eigenvalue weighted by atomic mass is 32.2. The molecule has 9 heteroatoms. The fourth-order valence-electron chi connectivity index (χ4n) is 2.90. The number of rotatable bonds is 2. The second kappa shape index (κ2) is 5.66. The van der Waals surface area contributed by atoms with Crippen molar-refractivity contribution in [2.75, 3.05) is 12.0 Å². The van der Waals surface area contributed by atoms with E-state index >= 15 is 0 Å². The summed E-state index contributed by atoms with van der Waals surface area (Å²) in [5.74, 6) is 0.544. The van der Waals surface area contributed by atoms with E-state index in [2.05, 4.69) is 10.3 Å². The standard InChI is InChI=1S/C17H12F3N3O2S/c1-25-11-7-8-12-13(9-11)26-15-22-16(17(18,19)20,21-14(24)23(12)15)10-5-3-2-4-6-10/h2-9H,1H3,(H,21,24). The Balaban J connectivity index is 1.88. The summed E-state index contributed by atoms with van der Waals surface area (Å²) in [6.45, 7) is 0. The first-order valence-corrected chi connectivity index (χ1v) is 8.37. The maximum atomic E-state index is 14.0. The van der Waals surface area contributed by atoms with Gasteiger partial charge in [0.1, 0.15) is 5.75 Å². The third kappa shape index (κ3) is 2.34. The number of nitrogens with zero attached hydrogens (tertiary/aromatic N) is 2. The monoisotopic (exact) mass is 379 g/mol. The summed E-state index contributed by atoms with van der Waals surface area (Å²) in [4.78, 5) is 18.3. The zero-order chi connectivity index (χ0) is 18.5. The number of halogens is 3. The fraction of sp³-hybridized carbons (Fsp3) is 0.176. The number of amidine groups is 1. The number of thioether (sulfide) groups is 1. The zero-order valence-corrected chi connectivity index (χ0v) is 14.2. The molecule has 2 aromatic rings. The Morgan fingerprint density at radius 3 is 2.58 bits per heavy atom. The Kier molecular flexibility index (Phi) is 3.65. The van der Waals surface area contributed by atoms with Gasteiger partial charge in [0.05, 0.1) is 12.8 Å². The number of benzene rings is 2. The molecule has 0 spiro atoms. The largest absolute Gasteiger partial charge is 0.497 e. The lowest BCUT2D eigenvalue weighted by atomic mass is 9.98. The number of hydrogen-bond acceptors (Lipinski definition) is 4. The fourth-order valence-corrected chi connectivity index (χ4v) is 3.99. The minimum Gasteiger partial charge on any atom is -0.497 e. The minimum atomic E-state index is -4.81. The summed E-state index contributed by atoms with van der Waals surface area (Å²) < 4.78 is 47.1. The van der Waals surface area contributed by atoms with Crippen LogP contribution in [0.2, 0.25) is 0 Å². The van der Waals surface area contributed by atoms with Gasteiger partial charge in [-0.2, -0.15) is 13.2 Å². The second-order valence-corrected chi connectivity index (χ2v) is 6.68. The van der Waals surface area contributed by atoms with Crippen molar-refractivity contribution in [2.45, 2.75) is 16.7 Å². The van der Waals surface area contributed by atoms with E-state index in [4.69, 9.17) is 4.74 Å². The molecule has 1 atom stereocenters. The van der Waals surface area contributed by atoms with Crippen molar-refractivity contribution in [1.82, 2.24) is 5.32 Å². The average Bonchev–Trinajstić information content (AvgIpc) is 2.98. The van der Waals surface area contributed by atoms with Gasteiger partial charge >= 0.3 is 12.2 Å². The van der Waals surface area contributed by atoms with Crippen LogP contribution in [0, 0.1) is 0 Å². The molecule has 1 N–H and O–H groups in total. The summed E-state index contributed by atoms with van der Waals surface area (Å²) in [5.41, 5.74) is -2.51. The van der Waals surface area contributed by atoms with Crippen LogP contribution >= 0.6 is 11.8 Å². The Labute approximate surface area is 150 Å². The number of amides is 2. The highest BCUT2D eigenvalue weighted by Gasteiger charge is 2.61. The van der Waals surface area contributed by atoms with E-state index in [9.17, 15) is 18.0 Å². The van der Waals surface area contributed by atoms with E-state index in [1.165, 1.54) is 31.4 Å². The molecule has 5 nitrogen and oxygen atoms in total. The molecule has 2 aliphatic heterocycles. The molecule has 0 saturated heterocycles. The summed E-state index contributed by atoms with van der Waals surface area (Å²) in [7, 11) is 1.49. The summed E-state index contributed by atoms with van der Waals surface area (Å²) in [6.07, 6.45) is -4.81. The van der Waals surface area contributed by atoms with E-state index in [0.717, 1.165) is 16.7 Å². The molecule has 1 unspecified atom stereocenters. The highest BCUT2D eigenvalue weighted by molar-refractivity contribution is 8.15. The SMILES string of the molecule is COc1ccc2c(c1)SC1=NC(c3ccccc3)(C(F)(F)F)NC(=O)N12. The number of nitrogens with one attached hydrogen (secondary N) is 1. The minimum absolute atomic E-state index is 0.0295. The molecule has 0 radical (unpaired) electrons. The van der Waals surface area contributed by atoms with Crippen molar-refractivity contribution >= 4 is 28.6 Å². The molecule has 0 fully saturated rings. The van der Waals surface area contributed by atoms with Crippen LogP contribution in [0.15, 0.2) is 58.4 Å². The smallest absolute Gasteiger partial charge is 0.436 e. The van der Waals surface area contributed by atoms with Crippen molar-refractivity contribution in [1.29, 1.82) is 0 Å². The average molecular weight is 379 g/mol. The van der Waals surface area contributed by atoms with Crippen LogP contribution < -0.4 is 15.0 Å². The van der Waals surface area contributed by atoms with E-state index in [1.54, 1.807) is 24.3 Å². The first kappa shape index (κ1) is 16.8. The number of carbonyl (C=O) groups excluding carboxylic acids is 1. The third-order valence-electron chi connectivity index (χ3n) is 4.16. The third-order valence-corrected chi connectivity index (χ3v) is 5.16. The maximum Gasteiger partial charge on any atom is 0.436 e. The van der Waals surface area contributed by atoms with Gasteiger partial charge in [-0.25, -0.2) is 14.7 Å². The first-order valence-electron chi connectivity index (χ1n) is 7.56. The normalized spacial score (nSPS) is 21.6. The first-order chi connectivity index (χ1) is 12.4. The van der Waals surface area contributed by atoms with Crippen molar-refractivity contribution in [2.24, 2.45) is 4.99 Å². The van der Waals surface area contributed by atoms with Gasteiger partial charge in [-0.3, -0.25) is 0 Å². The van der Waals surface area contributed by atoms with E-state index in [1.807, 2.05) is 0 Å². The van der Waals surface area contributed by atoms with Crippen LogP contribution in [-0.4, -0.2) is 24.5 Å². The summed E-state index contributed by atoms with van der Waals surface area (Å²) in [6, 6.07) is 11.2. The molecule has 2 amide bonds. The Bertz CT molecular complexity index is 917. The molecule has 134 valence electrons. The lowest BCUT2D eigenvalue weighted by molar-refractivity contribution is -0.195. The van der Waals surface area contributed by atoms with Crippen molar-refractivity contribution < 1.29 is 22.7 Å². The number of fused-ring (bicyclic) bond motifs is 3. The molecule has 0 aromatic heterocycles. The quantitative estimate of drug-likeness (QED) is 0.855. The number of ether oxygens (including phenoxy) is 1. The second-order valence-electron chi connectivity index (χ2n) is 5.67. The molecule has 0 aliphatic carbocycles. The van der Waals surface area contributed by atoms with Crippen molar-refractivity contribution in [3.8, 4) is 5.75 Å². The molecular formula is C17H12F3N3O2S.